The number of carbonyl (C=O) groups excluding carboxylic acids is 1. The Bertz CT molecular complexity index is 459. The number of nitrogens with one attached hydrogen (secondary N) is 1. The van der Waals surface area contributed by atoms with Gasteiger partial charge in [0.1, 0.15) is 0 Å². The van der Waals surface area contributed by atoms with Crippen LogP contribution in [0.25, 0.3) is 0 Å². The minimum atomic E-state index is -0.161. The van der Waals surface area contributed by atoms with Gasteiger partial charge in [0.25, 0.3) is 5.91 Å². The molecule has 3 nitrogen and oxygen atoms in total. The number of hydrogen-bond donors (Lipinski definition) is 2. The molecule has 0 spiro atoms. The highest BCUT2D eigenvalue weighted by Crippen LogP contribution is 2.26. The molecule has 2 N–H and O–H groups in total. The van der Waals surface area contributed by atoms with Gasteiger partial charge < -0.3 is 10.4 Å². The van der Waals surface area contributed by atoms with Crippen LogP contribution in [0.15, 0.2) is 22.7 Å². The highest BCUT2D eigenvalue weighted by molar-refractivity contribution is 9.10. The van der Waals surface area contributed by atoms with Gasteiger partial charge in [-0.2, -0.15) is 0 Å². The van der Waals surface area contributed by atoms with Crippen molar-refractivity contribution in [2.75, 3.05) is 6.54 Å². The van der Waals surface area contributed by atoms with Gasteiger partial charge in [0.15, 0.2) is 0 Å². The molecule has 0 bridgehead atoms. The number of aliphatic hydroxyl groups is 1. The summed E-state index contributed by atoms with van der Waals surface area (Å²) >= 11 is 9.40. The maximum atomic E-state index is 12.1. The minimum Gasteiger partial charge on any atom is -0.393 e. The van der Waals surface area contributed by atoms with Gasteiger partial charge in [0, 0.05) is 11.0 Å². The summed E-state index contributed by atoms with van der Waals surface area (Å²) in [6.45, 7) is 0.647. The van der Waals surface area contributed by atoms with E-state index in [1.165, 1.54) is 0 Å². The van der Waals surface area contributed by atoms with Crippen LogP contribution in [-0.2, 0) is 0 Å². The molecule has 0 unspecified atom stereocenters. The van der Waals surface area contributed by atoms with E-state index in [9.17, 15) is 9.90 Å². The molecule has 104 valence electrons. The molecule has 0 saturated heterocycles. The SMILES string of the molecule is O=C(NCC1CCC(O)CC1)c1cccc(Br)c1Cl. The number of aliphatic hydroxyl groups excluding tert-OH is 1. The van der Waals surface area contributed by atoms with Gasteiger partial charge >= 0.3 is 0 Å². The summed E-state index contributed by atoms with van der Waals surface area (Å²) in [6, 6.07) is 5.32. The summed E-state index contributed by atoms with van der Waals surface area (Å²) in [7, 11) is 0. The lowest BCUT2D eigenvalue weighted by molar-refractivity contribution is 0.0910. The smallest absolute Gasteiger partial charge is 0.252 e. The Morgan fingerprint density at radius 3 is 2.74 bits per heavy atom. The second-order valence-electron chi connectivity index (χ2n) is 4.99. The fraction of sp³-hybridized carbons (Fsp3) is 0.500. The quantitative estimate of drug-likeness (QED) is 0.881. The first-order valence-corrected chi connectivity index (χ1v) is 7.65. The highest BCUT2D eigenvalue weighted by atomic mass is 79.9. The molecule has 0 aliphatic heterocycles. The fourth-order valence-electron chi connectivity index (χ4n) is 2.36. The molecule has 19 heavy (non-hydrogen) atoms. The van der Waals surface area contributed by atoms with Crippen molar-refractivity contribution in [1.29, 1.82) is 0 Å². The van der Waals surface area contributed by atoms with Crippen molar-refractivity contribution in [2.24, 2.45) is 5.92 Å². The first-order valence-electron chi connectivity index (χ1n) is 6.48. The van der Waals surface area contributed by atoms with Crippen LogP contribution in [0.2, 0.25) is 5.02 Å². The van der Waals surface area contributed by atoms with Crippen LogP contribution in [-0.4, -0.2) is 23.7 Å². The molecule has 0 aromatic heterocycles. The van der Waals surface area contributed by atoms with E-state index >= 15 is 0 Å². The maximum Gasteiger partial charge on any atom is 0.252 e. The summed E-state index contributed by atoms with van der Waals surface area (Å²) in [6.07, 6.45) is 3.43. The van der Waals surface area contributed by atoms with Crippen LogP contribution in [0.4, 0.5) is 0 Å². The van der Waals surface area contributed by atoms with Crippen LogP contribution in [0, 0.1) is 5.92 Å². The predicted molar refractivity (Wildman–Crippen MR) is 79.5 cm³/mol. The molecule has 1 saturated carbocycles. The lowest BCUT2D eigenvalue weighted by Gasteiger charge is -2.25. The Morgan fingerprint density at radius 1 is 1.37 bits per heavy atom. The second kappa shape index (κ2) is 6.73. The number of benzene rings is 1. The zero-order valence-electron chi connectivity index (χ0n) is 10.5. The van der Waals surface area contributed by atoms with Crippen LogP contribution in [0.1, 0.15) is 36.0 Å². The first-order chi connectivity index (χ1) is 9.08. The Morgan fingerprint density at radius 2 is 2.05 bits per heavy atom. The van der Waals surface area contributed by atoms with Gasteiger partial charge in [-0.25, -0.2) is 0 Å². The molecular formula is C14H17BrClNO2. The monoisotopic (exact) mass is 345 g/mol. The average Bonchev–Trinajstić information content (AvgIpc) is 2.41. The van der Waals surface area contributed by atoms with Crippen LogP contribution >= 0.6 is 27.5 Å². The topological polar surface area (TPSA) is 49.3 Å². The van der Waals surface area contributed by atoms with E-state index in [1.807, 2.05) is 6.07 Å². The van der Waals surface area contributed by atoms with E-state index in [4.69, 9.17) is 11.6 Å². The standard InChI is InChI=1S/C14H17BrClNO2/c15-12-3-1-2-11(13(12)16)14(19)17-8-9-4-6-10(18)7-5-9/h1-3,9-10,18H,4-8H2,(H,17,19). The van der Waals surface area contributed by atoms with Crippen LogP contribution < -0.4 is 5.32 Å². The summed E-state index contributed by atoms with van der Waals surface area (Å²) in [4.78, 5) is 12.1. The molecule has 5 heteroatoms. The van der Waals surface area contributed by atoms with E-state index in [-0.39, 0.29) is 12.0 Å². The van der Waals surface area contributed by atoms with Gasteiger partial charge in [-0.15, -0.1) is 0 Å². The normalized spacial score (nSPS) is 23.1. The zero-order chi connectivity index (χ0) is 13.8. The Balaban J connectivity index is 1.89. The van der Waals surface area contributed by atoms with E-state index in [0.717, 1.165) is 30.2 Å². The van der Waals surface area contributed by atoms with Gasteiger partial charge in [0.2, 0.25) is 0 Å². The number of rotatable bonds is 3. The molecule has 0 atom stereocenters. The zero-order valence-corrected chi connectivity index (χ0v) is 12.9. The molecule has 0 heterocycles. The van der Waals surface area contributed by atoms with Crippen LogP contribution in [0.5, 0.6) is 0 Å². The molecule has 1 aromatic carbocycles. The van der Waals surface area contributed by atoms with Crippen molar-refractivity contribution >= 4 is 33.4 Å². The first kappa shape index (κ1) is 14.8. The fourth-order valence-corrected chi connectivity index (χ4v) is 2.94. The van der Waals surface area contributed by atoms with E-state index in [0.29, 0.717) is 23.0 Å². The van der Waals surface area contributed by atoms with Crippen molar-refractivity contribution in [1.82, 2.24) is 5.32 Å². The van der Waals surface area contributed by atoms with Gasteiger partial charge in [-0.1, -0.05) is 17.7 Å². The maximum absolute atomic E-state index is 12.1. The molecule has 1 aromatic rings. The van der Waals surface area contributed by atoms with Gasteiger partial charge in [0.05, 0.1) is 16.7 Å². The van der Waals surface area contributed by atoms with Crippen molar-refractivity contribution in [3.05, 3.63) is 33.3 Å². The van der Waals surface area contributed by atoms with E-state index in [2.05, 4.69) is 21.2 Å². The molecule has 1 fully saturated rings. The number of carbonyl (C=O) groups is 1. The third kappa shape index (κ3) is 3.94. The minimum absolute atomic E-state index is 0.141. The summed E-state index contributed by atoms with van der Waals surface area (Å²) in [5.74, 6) is 0.315. The lowest BCUT2D eigenvalue weighted by atomic mass is 9.87. The average molecular weight is 347 g/mol. The Labute approximate surface area is 126 Å². The number of halogens is 2. The largest absolute Gasteiger partial charge is 0.393 e. The molecule has 1 aliphatic rings. The lowest BCUT2D eigenvalue weighted by Crippen LogP contribution is -2.32. The van der Waals surface area contributed by atoms with Crippen molar-refractivity contribution in [3.8, 4) is 0 Å². The Hall–Kier alpha value is -0.580. The molecule has 2 rings (SSSR count). The molecular weight excluding hydrogens is 330 g/mol. The van der Waals surface area contributed by atoms with Crippen molar-refractivity contribution < 1.29 is 9.90 Å². The van der Waals surface area contributed by atoms with Crippen molar-refractivity contribution in [3.63, 3.8) is 0 Å². The summed E-state index contributed by atoms with van der Waals surface area (Å²) in [5.41, 5.74) is 0.492. The van der Waals surface area contributed by atoms with E-state index in [1.54, 1.807) is 12.1 Å². The number of amides is 1. The van der Waals surface area contributed by atoms with Gasteiger partial charge in [-0.3, -0.25) is 4.79 Å². The third-order valence-corrected chi connectivity index (χ3v) is 4.86. The highest BCUT2D eigenvalue weighted by Gasteiger charge is 2.20. The van der Waals surface area contributed by atoms with Crippen molar-refractivity contribution in [2.45, 2.75) is 31.8 Å². The molecule has 0 radical (unpaired) electrons. The summed E-state index contributed by atoms with van der Waals surface area (Å²) < 4.78 is 0.725. The second-order valence-corrected chi connectivity index (χ2v) is 6.22. The third-order valence-electron chi connectivity index (χ3n) is 3.56. The number of hydrogen-bond acceptors (Lipinski definition) is 2. The predicted octanol–water partition coefficient (Wildman–Crippen LogP) is 3.38. The van der Waals surface area contributed by atoms with E-state index < -0.39 is 0 Å². The molecule has 1 aliphatic carbocycles. The van der Waals surface area contributed by atoms with Gasteiger partial charge in [-0.05, 0) is 59.7 Å². The Kier molecular flexibility index (Phi) is 5.25. The molecule has 1 amide bonds. The van der Waals surface area contributed by atoms with Crippen LogP contribution in [0.3, 0.4) is 0 Å². The summed E-state index contributed by atoms with van der Waals surface area (Å²) in [5, 5.41) is 12.8.